The van der Waals surface area contributed by atoms with Crippen molar-refractivity contribution in [3.63, 3.8) is 0 Å². The second-order valence-corrected chi connectivity index (χ2v) is 3.72. The van der Waals surface area contributed by atoms with Crippen molar-refractivity contribution < 1.29 is 9.90 Å². The molecule has 1 rings (SSSR count). The van der Waals surface area contributed by atoms with Crippen molar-refractivity contribution in [1.82, 2.24) is 10.6 Å². The summed E-state index contributed by atoms with van der Waals surface area (Å²) in [6.07, 6.45) is 4.92. The van der Waals surface area contributed by atoms with Crippen LogP contribution in [0.5, 0.6) is 0 Å². The molecule has 3 N–H and O–H groups in total. The normalized spacial score (nSPS) is 20.8. The number of aliphatic hydroxyl groups is 1. The highest BCUT2D eigenvalue weighted by molar-refractivity contribution is 5.73. The van der Waals surface area contributed by atoms with Gasteiger partial charge in [0.15, 0.2) is 0 Å². The lowest BCUT2D eigenvalue weighted by Crippen LogP contribution is -2.46. The fourth-order valence-electron chi connectivity index (χ4n) is 1.72. The largest absolute Gasteiger partial charge is 0.388 e. The Kier molecular flexibility index (Phi) is 3.54. The van der Waals surface area contributed by atoms with Gasteiger partial charge in [0.1, 0.15) is 0 Å². The number of urea groups is 1. The third-order valence-electron chi connectivity index (χ3n) is 2.59. The highest BCUT2D eigenvalue weighted by atomic mass is 16.3. The molecule has 1 fully saturated rings. The zero-order valence-electron chi connectivity index (χ0n) is 8.10. The number of hydrogen-bond donors (Lipinski definition) is 3. The third kappa shape index (κ3) is 3.22. The summed E-state index contributed by atoms with van der Waals surface area (Å²) in [7, 11) is 1.57. The first-order valence-corrected chi connectivity index (χ1v) is 4.84. The van der Waals surface area contributed by atoms with Crippen molar-refractivity contribution in [2.24, 2.45) is 0 Å². The average molecular weight is 186 g/mol. The van der Waals surface area contributed by atoms with Crippen LogP contribution in [0.2, 0.25) is 0 Å². The van der Waals surface area contributed by atoms with E-state index in [0.29, 0.717) is 6.54 Å². The molecule has 0 atom stereocenters. The lowest BCUT2D eigenvalue weighted by atomic mass is 9.85. The summed E-state index contributed by atoms with van der Waals surface area (Å²) in [5.41, 5.74) is -0.662. The van der Waals surface area contributed by atoms with E-state index in [1.54, 1.807) is 7.05 Å². The minimum Gasteiger partial charge on any atom is -0.388 e. The molecule has 1 aliphatic rings. The topological polar surface area (TPSA) is 61.4 Å². The van der Waals surface area contributed by atoms with Gasteiger partial charge in [-0.3, -0.25) is 0 Å². The number of carbonyl (C=O) groups is 1. The highest BCUT2D eigenvalue weighted by Gasteiger charge is 2.29. The summed E-state index contributed by atoms with van der Waals surface area (Å²) in [6, 6.07) is -0.223. The van der Waals surface area contributed by atoms with Crippen molar-refractivity contribution in [2.45, 2.75) is 37.7 Å². The third-order valence-corrected chi connectivity index (χ3v) is 2.59. The van der Waals surface area contributed by atoms with Crippen molar-refractivity contribution >= 4 is 6.03 Å². The summed E-state index contributed by atoms with van der Waals surface area (Å²) in [5.74, 6) is 0. The molecule has 1 saturated carbocycles. The summed E-state index contributed by atoms with van der Waals surface area (Å²) in [6.45, 7) is 0.368. The van der Waals surface area contributed by atoms with Gasteiger partial charge in [-0.2, -0.15) is 0 Å². The molecule has 0 aromatic carbocycles. The molecule has 0 aromatic heterocycles. The molecule has 4 heteroatoms. The van der Waals surface area contributed by atoms with E-state index in [1.807, 2.05) is 0 Å². The van der Waals surface area contributed by atoms with Gasteiger partial charge in [0.2, 0.25) is 0 Å². The fourth-order valence-corrected chi connectivity index (χ4v) is 1.72. The molecule has 1 aliphatic carbocycles. The SMILES string of the molecule is CNC(=O)NCC1(O)CCCCC1. The fraction of sp³-hybridized carbons (Fsp3) is 0.889. The Morgan fingerprint density at radius 3 is 2.54 bits per heavy atom. The minimum atomic E-state index is -0.662. The molecule has 76 valence electrons. The predicted molar refractivity (Wildman–Crippen MR) is 50.5 cm³/mol. The Morgan fingerprint density at radius 1 is 1.38 bits per heavy atom. The van der Waals surface area contributed by atoms with Gasteiger partial charge < -0.3 is 15.7 Å². The summed E-state index contributed by atoms with van der Waals surface area (Å²) in [4.78, 5) is 10.9. The molecular weight excluding hydrogens is 168 g/mol. The van der Waals surface area contributed by atoms with Crippen LogP contribution in [0.25, 0.3) is 0 Å². The van der Waals surface area contributed by atoms with E-state index in [2.05, 4.69) is 10.6 Å². The minimum absolute atomic E-state index is 0.223. The van der Waals surface area contributed by atoms with E-state index in [9.17, 15) is 9.90 Å². The number of nitrogens with one attached hydrogen (secondary N) is 2. The molecule has 0 spiro atoms. The molecule has 0 bridgehead atoms. The molecule has 0 saturated heterocycles. The lowest BCUT2D eigenvalue weighted by molar-refractivity contribution is 0.00725. The Bertz CT molecular complexity index is 176. The smallest absolute Gasteiger partial charge is 0.314 e. The summed E-state index contributed by atoms with van der Waals surface area (Å²) in [5, 5.41) is 15.1. The van der Waals surface area contributed by atoms with Crippen molar-refractivity contribution in [3.8, 4) is 0 Å². The standard InChI is InChI=1S/C9H18N2O2/c1-10-8(12)11-7-9(13)5-3-2-4-6-9/h13H,2-7H2,1H3,(H2,10,11,12). The van der Waals surface area contributed by atoms with Crippen LogP contribution in [-0.2, 0) is 0 Å². The van der Waals surface area contributed by atoms with Crippen molar-refractivity contribution in [2.75, 3.05) is 13.6 Å². The van der Waals surface area contributed by atoms with Crippen molar-refractivity contribution in [3.05, 3.63) is 0 Å². The molecule has 2 amide bonds. The van der Waals surface area contributed by atoms with Crippen LogP contribution >= 0.6 is 0 Å². The first kappa shape index (κ1) is 10.3. The predicted octanol–water partition coefficient (Wildman–Crippen LogP) is 0.611. The Balaban J connectivity index is 2.28. The van der Waals surface area contributed by atoms with Crippen LogP contribution in [0, 0.1) is 0 Å². The van der Waals surface area contributed by atoms with Gasteiger partial charge in [0, 0.05) is 13.6 Å². The number of amides is 2. The zero-order valence-corrected chi connectivity index (χ0v) is 8.10. The summed E-state index contributed by atoms with van der Waals surface area (Å²) >= 11 is 0. The second-order valence-electron chi connectivity index (χ2n) is 3.72. The zero-order chi connectivity index (χ0) is 9.73. The van der Waals surface area contributed by atoms with Gasteiger partial charge in [0.25, 0.3) is 0 Å². The molecular formula is C9H18N2O2. The highest BCUT2D eigenvalue weighted by Crippen LogP contribution is 2.27. The van der Waals surface area contributed by atoms with Crippen LogP contribution in [0.3, 0.4) is 0 Å². The van der Waals surface area contributed by atoms with E-state index >= 15 is 0 Å². The monoisotopic (exact) mass is 186 g/mol. The number of hydrogen-bond acceptors (Lipinski definition) is 2. The molecule has 0 radical (unpaired) electrons. The first-order valence-electron chi connectivity index (χ1n) is 4.84. The Morgan fingerprint density at radius 2 is 2.00 bits per heavy atom. The van der Waals surface area contributed by atoms with E-state index in [-0.39, 0.29) is 6.03 Å². The van der Waals surface area contributed by atoms with Gasteiger partial charge in [-0.25, -0.2) is 4.79 Å². The van der Waals surface area contributed by atoms with E-state index in [1.165, 1.54) is 6.42 Å². The Hall–Kier alpha value is -0.770. The molecule has 13 heavy (non-hydrogen) atoms. The second kappa shape index (κ2) is 4.46. The lowest BCUT2D eigenvalue weighted by Gasteiger charge is -2.31. The van der Waals surface area contributed by atoms with Crippen LogP contribution < -0.4 is 10.6 Å². The molecule has 0 aliphatic heterocycles. The maximum absolute atomic E-state index is 10.9. The van der Waals surface area contributed by atoms with E-state index < -0.39 is 5.60 Å². The van der Waals surface area contributed by atoms with Gasteiger partial charge in [-0.15, -0.1) is 0 Å². The number of carbonyl (C=O) groups excluding carboxylic acids is 1. The quantitative estimate of drug-likeness (QED) is 0.591. The number of rotatable bonds is 2. The molecule has 0 heterocycles. The Labute approximate surface area is 78.7 Å². The summed E-state index contributed by atoms with van der Waals surface area (Å²) < 4.78 is 0. The molecule has 4 nitrogen and oxygen atoms in total. The van der Waals surface area contributed by atoms with Gasteiger partial charge in [0.05, 0.1) is 5.60 Å². The maximum Gasteiger partial charge on any atom is 0.314 e. The van der Waals surface area contributed by atoms with Crippen LogP contribution in [0.1, 0.15) is 32.1 Å². The first-order chi connectivity index (χ1) is 6.16. The van der Waals surface area contributed by atoms with E-state index in [0.717, 1.165) is 25.7 Å². The van der Waals surface area contributed by atoms with Crippen LogP contribution in [-0.4, -0.2) is 30.3 Å². The van der Waals surface area contributed by atoms with Crippen molar-refractivity contribution in [1.29, 1.82) is 0 Å². The van der Waals surface area contributed by atoms with Crippen LogP contribution in [0.4, 0.5) is 4.79 Å². The van der Waals surface area contributed by atoms with Gasteiger partial charge in [-0.1, -0.05) is 19.3 Å². The van der Waals surface area contributed by atoms with Crippen LogP contribution in [0.15, 0.2) is 0 Å². The molecule has 0 unspecified atom stereocenters. The maximum atomic E-state index is 10.9. The van der Waals surface area contributed by atoms with Gasteiger partial charge >= 0.3 is 6.03 Å². The van der Waals surface area contributed by atoms with Gasteiger partial charge in [-0.05, 0) is 12.8 Å². The average Bonchev–Trinajstić information content (AvgIpc) is 2.15. The van der Waals surface area contributed by atoms with E-state index in [4.69, 9.17) is 0 Å². The molecule has 0 aromatic rings.